The molecule has 0 radical (unpaired) electrons. The lowest BCUT2D eigenvalue weighted by molar-refractivity contribution is -0.144. The second-order valence-electron chi connectivity index (χ2n) is 6.10. The standard InChI is InChI=1S/C17H25ClN2O3/c1-13-10-20(11-14(2)23-13)17(21)12-19(3)8-9-22-16-6-4-15(18)5-7-16/h4-7,13-14H,8-12H2,1-3H3. The average molecular weight is 341 g/mol. The molecule has 1 amide bonds. The van der Waals surface area contributed by atoms with Crippen LogP contribution in [0.5, 0.6) is 5.75 Å². The molecule has 0 N–H and O–H groups in total. The van der Waals surface area contributed by atoms with E-state index in [0.29, 0.717) is 37.8 Å². The molecule has 1 aliphatic heterocycles. The molecule has 2 atom stereocenters. The van der Waals surface area contributed by atoms with E-state index >= 15 is 0 Å². The number of morpholine rings is 1. The van der Waals surface area contributed by atoms with Crippen LogP contribution >= 0.6 is 11.6 Å². The monoisotopic (exact) mass is 340 g/mol. The van der Waals surface area contributed by atoms with Gasteiger partial charge in [-0.25, -0.2) is 0 Å². The van der Waals surface area contributed by atoms with Gasteiger partial charge in [0.15, 0.2) is 0 Å². The third kappa shape index (κ3) is 6.01. The fourth-order valence-electron chi connectivity index (χ4n) is 2.64. The lowest BCUT2D eigenvalue weighted by atomic mass is 10.2. The molecule has 23 heavy (non-hydrogen) atoms. The Kier molecular flexibility index (Phi) is 6.69. The van der Waals surface area contributed by atoms with Gasteiger partial charge < -0.3 is 14.4 Å². The molecule has 128 valence electrons. The molecule has 0 bridgehead atoms. The van der Waals surface area contributed by atoms with Crippen LogP contribution in [0.25, 0.3) is 0 Å². The summed E-state index contributed by atoms with van der Waals surface area (Å²) in [7, 11) is 1.93. The van der Waals surface area contributed by atoms with Gasteiger partial charge in [0, 0.05) is 24.7 Å². The maximum atomic E-state index is 12.3. The first-order valence-electron chi connectivity index (χ1n) is 7.94. The molecule has 0 saturated carbocycles. The zero-order chi connectivity index (χ0) is 16.8. The first kappa shape index (κ1) is 18.0. The molecule has 2 rings (SSSR count). The smallest absolute Gasteiger partial charge is 0.236 e. The Balaban J connectivity index is 1.70. The minimum absolute atomic E-state index is 0.0984. The molecule has 6 heteroatoms. The Hall–Kier alpha value is -1.30. The molecule has 0 aromatic heterocycles. The maximum absolute atomic E-state index is 12.3. The normalized spacial score (nSPS) is 21.5. The molecule has 1 aromatic rings. The van der Waals surface area contributed by atoms with Crippen molar-refractivity contribution in [2.75, 3.05) is 39.8 Å². The Bertz CT molecular complexity index is 499. The van der Waals surface area contributed by atoms with E-state index in [1.807, 2.05) is 42.8 Å². The van der Waals surface area contributed by atoms with Gasteiger partial charge in [-0.2, -0.15) is 0 Å². The van der Waals surface area contributed by atoms with E-state index in [0.717, 1.165) is 5.75 Å². The number of ether oxygens (including phenoxy) is 2. The quantitative estimate of drug-likeness (QED) is 0.797. The lowest BCUT2D eigenvalue weighted by Crippen LogP contribution is -2.50. The molecular weight excluding hydrogens is 316 g/mol. The van der Waals surface area contributed by atoms with Gasteiger partial charge in [0.2, 0.25) is 5.91 Å². The Morgan fingerprint density at radius 1 is 1.30 bits per heavy atom. The molecule has 1 aromatic carbocycles. The van der Waals surface area contributed by atoms with Crippen LogP contribution in [-0.2, 0) is 9.53 Å². The summed E-state index contributed by atoms with van der Waals surface area (Å²) in [5, 5.41) is 0.689. The van der Waals surface area contributed by atoms with Crippen molar-refractivity contribution in [3.8, 4) is 5.75 Å². The van der Waals surface area contributed by atoms with Crippen LogP contribution in [0.1, 0.15) is 13.8 Å². The van der Waals surface area contributed by atoms with Gasteiger partial charge in [0.1, 0.15) is 12.4 Å². The van der Waals surface area contributed by atoms with Crippen LogP contribution in [0, 0.1) is 0 Å². The summed E-state index contributed by atoms with van der Waals surface area (Å²) in [5.41, 5.74) is 0. The lowest BCUT2D eigenvalue weighted by Gasteiger charge is -2.36. The summed E-state index contributed by atoms with van der Waals surface area (Å²) in [5.74, 6) is 0.922. The fraction of sp³-hybridized carbons (Fsp3) is 0.588. The number of rotatable bonds is 6. The van der Waals surface area contributed by atoms with E-state index in [1.165, 1.54) is 0 Å². The van der Waals surface area contributed by atoms with Crippen LogP contribution < -0.4 is 4.74 Å². The first-order valence-corrected chi connectivity index (χ1v) is 8.32. The molecule has 2 unspecified atom stereocenters. The third-order valence-electron chi connectivity index (χ3n) is 3.73. The second kappa shape index (κ2) is 8.52. The van der Waals surface area contributed by atoms with Crippen LogP contribution in [0.15, 0.2) is 24.3 Å². The first-order chi connectivity index (χ1) is 10.9. The van der Waals surface area contributed by atoms with Crippen LogP contribution in [-0.4, -0.2) is 67.7 Å². The summed E-state index contributed by atoms with van der Waals surface area (Å²) in [6.45, 7) is 6.93. The van der Waals surface area contributed by atoms with Gasteiger partial charge >= 0.3 is 0 Å². The predicted molar refractivity (Wildman–Crippen MR) is 91.0 cm³/mol. The fourth-order valence-corrected chi connectivity index (χ4v) is 2.77. The zero-order valence-electron chi connectivity index (χ0n) is 14.0. The maximum Gasteiger partial charge on any atom is 0.236 e. The van der Waals surface area contributed by atoms with E-state index in [9.17, 15) is 4.79 Å². The van der Waals surface area contributed by atoms with E-state index in [4.69, 9.17) is 21.1 Å². The van der Waals surface area contributed by atoms with Gasteiger partial charge in [-0.1, -0.05) is 11.6 Å². The number of hydrogen-bond donors (Lipinski definition) is 0. The van der Waals surface area contributed by atoms with E-state index in [1.54, 1.807) is 12.1 Å². The number of benzene rings is 1. The van der Waals surface area contributed by atoms with Crippen molar-refractivity contribution < 1.29 is 14.3 Å². The highest BCUT2D eigenvalue weighted by Gasteiger charge is 2.26. The van der Waals surface area contributed by atoms with Crippen molar-refractivity contribution in [3.05, 3.63) is 29.3 Å². The summed E-state index contributed by atoms with van der Waals surface area (Å²) < 4.78 is 11.3. The van der Waals surface area contributed by atoms with Crippen molar-refractivity contribution in [2.45, 2.75) is 26.1 Å². The van der Waals surface area contributed by atoms with Crippen molar-refractivity contribution in [1.29, 1.82) is 0 Å². The Labute approximate surface area is 143 Å². The van der Waals surface area contributed by atoms with Crippen LogP contribution in [0.4, 0.5) is 0 Å². The number of nitrogens with zero attached hydrogens (tertiary/aromatic N) is 2. The number of halogens is 1. The predicted octanol–water partition coefficient (Wildman–Crippen LogP) is 2.29. The summed E-state index contributed by atoms with van der Waals surface area (Å²) in [4.78, 5) is 16.2. The Morgan fingerprint density at radius 3 is 2.52 bits per heavy atom. The second-order valence-corrected chi connectivity index (χ2v) is 6.53. The minimum Gasteiger partial charge on any atom is -0.492 e. The zero-order valence-corrected chi connectivity index (χ0v) is 14.8. The average Bonchev–Trinajstić information content (AvgIpc) is 2.48. The highest BCUT2D eigenvalue weighted by Crippen LogP contribution is 2.15. The minimum atomic E-state index is 0.0984. The van der Waals surface area contributed by atoms with Crippen molar-refractivity contribution in [3.63, 3.8) is 0 Å². The summed E-state index contributed by atoms with van der Waals surface area (Å²) in [6, 6.07) is 7.27. The molecule has 1 saturated heterocycles. The summed E-state index contributed by atoms with van der Waals surface area (Å²) in [6.07, 6.45) is 0.197. The molecule has 0 spiro atoms. The van der Waals surface area contributed by atoms with E-state index in [-0.39, 0.29) is 18.1 Å². The van der Waals surface area contributed by atoms with Crippen molar-refractivity contribution in [2.24, 2.45) is 0 Å². The molecule has 0 aliphatic carbocycles. The summed E-state index contributed by atoms with van der Waals surface area (Å²) >= 11 is 5.83. The third-order valence-corrected chi connectivity index (χ3v) is 3.98. The molecule has 1 aliphatic rings. The van der Waals surface area contributed by atoms with Gasteiger partial charge in [-0.05, 0) is 45.2 Å². The SMILES string of the molecule is CC1CN(C(=O)CN(C)CCOc2ccc(Cl)cc2)CC(C)O1. The van der Waals surface area contributed by atoms with Crippen LogP contribution in [0.2, 0.25) is 5.02 Å². The van der Waals surface area contributed by atoms with Gasteiger partial charge in [0.05, 0.1) is 18.8 Å². The van der Waals surface area contributed by atoms with E-state index in [2.05, 4.69) is 0 Å². The topological polar surface area (TPSA) is 42.0 Å². The highest BCUT2D eigenvalue weighted by atomic mass is 35.5. The highest BCUT2D eigenvalue weighted by molar-refractivity contribution is 6.30. The van der Waals surface area contributed by atoms with Crippen molar-refractivity contribution in [1.82, 2.24) is 9.80 Å². The van der Waals surface area contributed by atoms with Gasteiger partial charge in [-0.3, -0.25) is 9.69 Å². The van der Waals surface area contributed by atoms with Crippen LogP contribution in [0.3, 0.4) is 0 Å². The molecule has 5 nitrogen and oxygen atoms in total. The number of likely N-dealkylation sites (N-methyl/N-ethyl adjacent to an activating group) is 1. The largest absolute Gasteiger partial charge is 0.492 e. The number of hydrogen-bond acceptors (Lipinski definition) is 4. The number of carbonyl (C=O) groups is 1. The number of carbonyl (C=O) groups excluding carboxylic acids is 1. The Morgan fingerprint density at radius 2 is 1.91 bits per heavy atom. The molecular formula is C17H25ClN2O3. The van der Waals surface area contributed by atoms with E-state index < -0.39 is 0 Å². The van der Waals surface area contributed by atoms with Gasteiger partial charge in [-0.15, -0.1) is 0 Å². The van der Waals surface area contributed by atoms with Crippen molar-refractivity contribution >= 4 is 17.5 Å². The van der Waals surface area contributed by atoms with Gasteiger partial charge in [0.25, 0.3) is 0 Å². The molecule has 1 heterocycles. The molecule has 1 fully saturated rings. The number of amides is 1.